The minimum Gasteiger partial charge on any atom is -0.508 e. The molecule has 0 aliphatic heterocycles. The van der Waals surface area contributed by atoms with Crippen molar-refractivity contribution >= 4 is 11.7 Å². The van der Waals surface area contributed by atoms with Gasteiger partial charge in [0.15, 0.2) is 0 Å². The van der Waals surface area contributed by atoms with Gasteiger partial charge in [0.2, 0.25) is 0 Å². The Balaban J connectivity index is 2.56. The number of nitrogens with two attached hydrogens (primary N) is 1. The highest BCUT2D eigenvalue weighted by Crippen LogP contribution is 2.28. The Hall–Kier alpha value is -2.49. The van der Waals surface area contributed by atoms with Gasteiger partial charge in [-0.1, -0.05) is 12.1 Å². The minimum atomic E-state index is -0.412. The molecule has 0 aliphatic carbocycles. The molecule has 2 aromatic rings. The van der Waals surface area contributed by atoms with Crippen molar-refractivity contribution in [1.82, 2.24) is 0 Å². The number of ether oxygens (including phenoxy) is 1. The van der Waals surface area contributed by atoms with E-state index in [2.05, 4.69) is 0 Å². The summed E-state index contributed by atoms with van der Waals surface area (Å²) >= 11 is 0. The molecule has 0 amide bonds. The molecular formula is C15H15NO3. The number of carbonyl (C=O) groups excluding carboxylic acids is 1. The molecule has 0 bridgehead atoms. The summed E-state index contributed by atoms with van der Waals surface area (Å²) in [5.74, 6) is -0.221. The van der Waals surface area contributed by atoms with Gasteiger partial charge < -0.3 is 15.6 Å². The van der Waals surface area contributed by atoms with Crippen molar-refractivity contribution in [2.75, 3.05) is 12.8 Å². The van der Waals surface area contributed by atoms with Crippen LogP contribution in [0.5, 0.6) is 5.75 Å². The Labute approximate surface area is 111 Å². The molecule has 19 heavy (non-hydrogen) atoms. The second-order valence-corrected chi connectivity index (χ2v) is 4.28. The lowest BCUT2D eigenvalue weighted by molar-refractivity contribution is 0.0600. The molecule has 0 spiro atoms. The topological polar surface area (TPSA) is 72.5 Å². The van der Waals surface area contributed by atoms with E-state index < -0.39 is 5.97 Å². The number of methoxy groups -OCH3 is 1. The molecule has 98 valence electrons. The maximum atomic E-state index is 11.7. The monoisotopic (exact) mass is 257 g/mol. The van der Waals surface area contributed by atoms with Gasteiger partial charge in [0.1, 0.15) is 5.75 Å². The number of anilines is 1. The fourth-order valence-corrected chi connectivity index (χ4v) is 1.88. The van der Waals surface area contributed by atoms with E-state index in [1.165, 1.54) is 7.11 Å². The summed E-state index contributed by atoms with van der Waals surface area (Å²) in [7, 11) is 1.34. The van der Waals surface area contributed by atoms with E-state index in [-0.39, 0.29) is 5.75 Å². The standard InChI is InChI=1S/C15H15NO3/c1-9-13(15(18)19-2)7-11(8-14(9)16)10-3-5-12(17)6-4-10/h3-8,17H,16H2,1-2H3. The van der Waals surface area contributed by atoms with E-state index in [4.69, 9.17) is 10.5 Å². The van der Waals surface area contributed by atoms with Crippen molar-refractivity contribution in [3.63, 3.8) is 0 Å². The summed E-state index contributed by atoms with van der Waals surface area (Å²) in [6.07, 6.45) is 0. The lowest BCUT2D eigenvalue weighted by Gasteiger charge is -2.10. The maximum Gasteiger partial charge on any atom is 0.338 e. The van der Waals surface area contributed by atoms with E-state index >= 15 is 0 Å². The lowest BCUT2D eigenvalue weighted by Crippen LogP contribution is -2.06. The van der Waals surface area contributed by atoms with E-state index in [1.54, 1.807) is 43.3 Å². The third-order valence-corrected chi connectivity index (χ3v) is 3.05. The second-order valence-electron chi connectivity index (χ2n) is 4.28. The number of benzene rings is 2. The van der Waals surface area contributed by atoms with Crippen LogP contribution in [0.2, 0.25) is 0 Å². The van der Waals surface area contributed by atoms with Crippen molar-refractivity contribution in [1.29, 1.82) is 0 Å². The van der Waals surface area contributed by atoms with Crippen molar-refractivity contribution in [3.05, 3.63) is 47.5 Å². The summed E-state index contributed by atoms with van der Waals surface area (Å²) in [6.45, 7) is 1.78. The van der Waals surface area contributed by atoms with Gasteiger partial charge in [0, 0.05) is 5.69 Å². The Morgan fingerprint density at radius 1 is 1.16 bits per heavy atom. The molecule has 0 unspecified atom stereocenters. The Kier molecular flexibility index (Phi) is 3.42. The number of nitrogen functional groups attached to an aromatic ring is 1. The summed E-state index contributed by atoms with van der Waals surface area (Å²) < 4.78 is 4.75. The zero-order chi connectivity index (χ0) is 14.0. The number of phenolic OH excluding ortho intramolecular Hbond substituents is 1. The van der Waals surface area contributed by atoms with Gasteiger partial charge in [-0.25, -0.2) is 4.79 Å². The van der Waals surface area contributed by atoms with Gasteiger partial charge in [0.05, 0.1) is 12.7 Å². The molecule has 4 nitrogen and oxygen atoms in total. The largest absolute Gasteiger partial charge is 0.508 e. The lowest BCUT2D eigenvalue weighted by atomic mass is 9.98. The molecule has 4 heteroatoms. The van der Waals surface area contributed by atoms with Crippen molar-refractivity contribution in [3.8, 4) is 16.9 Å². The quantitative estimate of drug-likeness (QED) is 0.641. The highest BCUT2D eigenvalue weighted by molar-refractivity contribution is 5.94. The average molecular weight is 257 g/mol. The zero-order valence-electron chi connectivity index (χ0n) is 10.8. The SMILES string of the molecule is COC(=O)c1cc(-c2ccc(O)cc2)cc(N)c1C. The highest BCUT2D eigenvalue weighted by atomic mass is 16.5. The molecule has 0 saturated carbocycles. The first-order chi connectivity index (χ1) is 9.02. The number of hydrogen-bond donors (Lipinski definition) is 2. The van der Waals surface area contributed by atoms with Crippen LogP contribution in [0.15, 0.2) is 36.4 Å². The third kappa shape index (κ3) is 2.52. The van der Waals surface area contributed by atoms with Crippen LogP contribution in [0.1, 0.15) is 15.9 Å². The Morgan fingerprint density at radius 2 is 1.79 bits per heavy atom. The van der Waals surface area contributed by atoms with Crippen LogP contribution in [0.25, 0.3) is 11.1 Å². The predicted molar refractivity (Wildman–Crippen MR) is 74.0 cm³/mol. The van der Waals surface area contributed by atoms with Gasteiger partial charge in [-0.3, -0.25) is 0 Å². The Bertz CT molecular complexity index is 618. The normalized spacial score (nSPS) is 10.2. The minimum absolute atomic E-state index is 0.192. The first-order valence-corrected chi connectivity index (χ1v) is 5.80. The molecule has 0 radical (unpaired) electrons. The van der Waals surface area contributed by atoms with Gasteiger partial charge in [-0.2, -0.15) is 0 Å². The molecule has 0 atom stereocenters. The number of esters is 1. The summed E-state index contributed by atoms with van der Waals surface area (Å²) in [6, 6.07) is 10.2. The van der Waals surface area contributed by atoms with E-state index in [9.17, 15) is 9.90 Å². The molecule has 0 aliphatic rings. The van der Waals surface area contributed by atoms with Crippen LogP contribution < -0.4 is 5.73 Å². The van der Waals surface area contributed by atoms with E-state index in [1.807, 2.05) is 0 Å². The van der Waals surface area contributed by atoms with Crippen LogP contribution in [-0.2, 0) is 4.74 Å². The molecule has 0 aromatic heterocycles. The van der Waals surface area contributed by atoms with Crippen molar-refractivity contribution in [2.24, 2.45) is 0 Å². The molecule has 3 N–H and O–H groups in total. The maximum absolute atomic E-state index is 11.7. The smallest absolute Gasteiger partial charge is 0.338 e. The van der Waals surface area contributed by atoms with Crippen molar-refractivity contribution < 1.29 is 14.6 Å². The summed E-state index contributed by atoms with van der Waals surface area (Å²) in [5.41, 5.74) is 9.29. The second kappa shape index (κ2) is 5.02. The molecule has 0 fully saturated rings. The van der Waals surface area contributed by atoms with Crippen molar-refractivity contribution in [2.45, 2.75) is 6.92 Å². The summed E-state index contributed by atoms with van der Waals surface area (Å²) in [4.78, 5) is 11.7. The van der Waals surface area contributed by atoms with Crippen LogP contribution in [0, 0.1) is 6.92 Å². The van der Waals surface area contributed by atoms with Gasteiger partial charge in [-0.15, -0.1) is 0 Å². The Morgan fingerprint density at radius 3 is 2.37 bits per heavy atom. The van der Waals surface area contributed by atoms with E-state index in [0.29, 0.717) is 16.8 Å². The highest BCUT2D eigenvalue weighted by Gasteiger charge is 2.13. The van der Waals surface area contributed by atoms with Gasteiger partial charge >= 0.3 is 5.97 Å². The molecule has 0 heterocycles. The van der Waals surface area contributed by atoms with Crippen LogP contribution in [0.4, 0.5) is 5.69 Å². The molecule has 2 rings (SSSR count). The number of rotatable bonds is 2. The van der Waals surface area contributed by atoms with Crippen LogP contribution >= 0.6 is 0 Å². The fourth-order valence-electron chi connectivity index (χ4n) is 1.88. The number of phenols is 1. The first kappa shape index (κ1) is 13.0. The van der Waals surface area contributed by atoms with Crippen LogP contribution in [0.3, 0.4) is 0 Å². The fraction of sp³-hybridized carbons (Fsp3) is 0.133. The van der Waals surface area contributed by atoms with Gasteiger partial charge in [0.25, 0.3) is 0 Å². The molecule has 2 aromatic carbocycles. The number of hydrogen-bond acceptors (Lipinski definition) is 4. The van der Waals surface area contributed by atoms with E-state index in [0.717, 1.165) is 11.1 Å². The zero-order valence-corrected chi connectivity index (χ0v) is 10.8. The average Bonchev–Trinajstić information content (AvgIpc) is 2.41. The molecular weight excluding hydrogens is 242 g/mol. The number of carbonyl (C=O) groups is 1. The number of aromatic hydroxyl groups is 1. The van der Waals surface area contributed by atoms with Gasteiger partial charge in [-0.05, 0) is 47.9 Å². The predicted octanol–water partition coefficient (Wildman–Crippen LogP) is 2.74. The first-order valence-electron chi connectivity index (χ1n) is 5.80. The summed E-state index contributed by atoms with van der Waals surface area (Å²) in [5, 5.41) is 9.28. The van der Waals surface area contributed by atoms with Crippen LogP contribution in [-0.4, -0.2) is 18.2 Å². The third-order valence-electron chi connectivity index (χ3n) is 3.05. The molecule has 0 saturated heterocycles.